The van der Waals surface area contributed by atoms with Gasteiger partial charge in [0.2, 0.25) is 0 Å². The second-order valence-corrected chi connectivity index (χ2v) is 18.7. The minimum Gasteiger partial charge on any atom is -0.497 e. The maximum absolute atomic E-state index is 13.9. The van der Waals surface area contributed by atoms with Gasteiger partial charge in [-0.1, -0.05) is 48.0 Å². The van der Waals surface area contributed by atoms with Crippen LogP contribution in [0.2, 0.25) is 5.02 Å². The topological polar surface area (TPSA) is 155 Å². The summed E-state index contributed by atoms with van der Waals surface area (Å²) in [6.45, 7) is 7.91. The standard InChI is InChI=1S/C46H49ClN8O6S2/c1-60-38-11-13-39(14-12-38)62-31-36(18-19-52-24-26-61-27-25-52)50-43-17-15-40(29-45(43)55(56)57)63(58,59)51-46-42-16-10-37(28-44(42)48-32-49-46)54-22-20-53(21-23-54)30-34-4-2-3-5-41(34)33-6-8-35(47)9-7-33/h2-17,28-29,32,36,50H,18-27,30-31H2,1H3,(H,48,49,51). The van der Waals surface area contributed by atoms with E-state index in [2.05, 4.69) is 71.1 Å². The van der Waals surface area contributed by atoms with Crippen LogP contribution in [0.25, 0.3) is 22.0 Å². The maximum Gasteiger partial charge on any atom is 0.293 e. The number of thioether (sulfide) groups is 1. The average molecular weight is 910 g/mol. The normalized spacial score (nSPS) is 15.6. The largest absolute Gasteiger partial charge is 0.497 e. The van der Waals surface area contributed by atoms with Crippen LogP contribution >= 0.6 is 23.4 Å². The number of nitro benzene ring substituents is 1. The molecule has 1 atom stereocenters. The molecular weight excluding hydrogens is 860 g/mol. The quantitative estimate of drug-likeness (QED) is 0.0513. The number of morpholine rings is 1. The zero-order valence-electron chi connectivity index (χ0n) is 34.9. The lowest BCUT2D eigenvalue weighted by Crippen LogP contribution is -2.46. The van der Waals surface area contributed by atoms with Gasteiger partial charge in [-0.2, -0.15) is 0 Å². The summed E-state index contributed by atoms with van der Waals surface area (Å²) in [5, 5.41) is 17.1. The van der Waals surface area contributed by atoms with Crippen LogP contribution < -0.4 is 19.7 Å². The van der Waals surface area contributed by atoms with Crippen LogP contribution in [0.1, 0.15) is 12.0 Å². The van der Waals surface area contributed by atoms with Crippen molar-refractivity contribution in [3.05, 3.63) is 136 Å². The number of nitrogens with zero attached hydrogens (tertiary/aromatic N) is 6. The van der Waals surface area contributed by atoms with Crippen molar-refractivity contribution in [1.82, 2.24) is 19.8 Å². The van der Waals surface area contributed by atoms with Crippen LogP contribution in [0.3, 0.4) is 0 Å². The van der Waals surface area contributed by atoms with Gasteiger partial charge in [-0.15, -0.1) is 11.8 Å². The molecule has 0 spiro atoms. The van der Waals surface area contributed by atoms with Gasteiger partial charge in [0.25, 0.3) is 15.7 Å². The Hall–Kier alpha value is -5.49. The molecule has 2 saturated heterocycles. The lowest BCUT2D eigenvalue weighted by molar-refractivity contribution is -0.384. The van der Waals surface area contributed by atoms with Crippen molar-refractivity contribution in [2.24, 2.45) is 0 Å². The number of hydrogen-bond acceptors (Lipinski definition) is 13. The summed E-state index contributed by atoms with van der Waals surface area (Å²) < 4.78 is 41.1. The Morgan fingerprint density at radius 3 is 2.40 bits per heavy atom. The first-order valence-electron chi connectivity index (χ1n) is 20.8. The van der Waals surface area contributed by atoms with E-state index in [1.54, 1.807) is 18.9 Å². The maximum atomic E-state index is 13.9. The van der Waals surface area contributed by atoms with Gasteiger partial charge in [0.1, 0.15) is 17.8 Å². The number of anilines is 3. The molecule has 0 amide bonds. The number of aromatic nitrogens is 2. The lowest BCUT2D eigenvalue weighted by Gasteiger charge is -2.36. The Kier molecular flexibility index (Phi) is 14.3. The number of fused-ring (bicyclic) bond motifs is 1. The van der Waals surface area contributed by atoms with E-state index < -0.39 is 14.9 Å². The predicted molar refractivity (Wildman–Crippen MR) is 251 cm³/mol. The number of methoxy groups -OCH3 is 1. The number of ether oxygens (including phenoxy) is 2. The zero-order chi connectivity index (χ0) is 43.8. The molecule has 6 aromatic rings. The summed E-state index contributed by atoms with van der Waals surface area (Å²) in [6, 6.07) is 33.6. The predicted octanol–water partition coefficient (Wildman–Crippen LogP) is 8.29. The first-order valence-corrected chi connectivity index (χ1v) is 23.7. The molecule has 0 bridgehead atoms. The van der Waals surface area contributed by atoms with E-state index in [0.717, 1.165) is 80.3 Å². The lowest BCUT2D eigenvalue weighted by atomic mass is 9.99. The molecule has 3 heterocycles. The van der Waals surface area contributed by atoms with Gasteiger partial charge in [0, 0.05) is 91.2 Å². The molecular formula is C46H49ClN8O6S2. The fraction of sp³-hybridized carbons (Fsp3) is 0.304. The SMILES string of the molecule is COc1ccc(SCC(CCN2CCOCC2)Nc2ccc(S(=O)(=O)Nc3ncnc4cc(N5CCN(Cc6ccccc6-c6ccc(Cl)cc6)CC5)ccc34)cc2[N+](=O)[O-])cc1. The third-order valence-electron chi connectivity index (χ3n) is 11.4. The van der Waals surface area contributed by atoms with Crippen LogP contribution in [-0.4, -0.2) is 111 Å². The van der Waals surface area contributed by atoms with E-state index >= 15 is 0 Å². The molecule has 2 aliphatic heterocycles. The molecule has 2 aliphatic rings. The Balaban J connectivity index is 0.934. The first-order chi connectivity index (χ1) is 30.6. The molecule has 63 heavy (non-hydrogen) atoms. The van der Waals surface area contributed by atoms with E-state index in [-0.39, 0.29) is 28.1 Å². The smallest absolute Gasteiger partial charge is 0.293 e. The number of nitrogens with one attached hydrogen (secondary N) is 2. The second kappa shape index (κ2) is 20.3. The Bertz CT molecular complexity index is 2630. The van der Waals surface area contributed by atoms with Gasteiger partial charge in [-0.3, -0.25) is 24.6 Å². The van der Waals surface area contributed by atoms with Crippen molar-refractivity contribution >= 4 is 67.2 Å². The molecule has 1 aromatic heterocycles. The zero-order valence-corrected chi connectivity index (χ0v) is 37.2. The van der Waals surface area contributed by atoms with Gasteiger partial charge in [-0.05, 0) is 89.8 Å². The van der Waals surface area contributed by atoms with Gasteiger partial charge in [0.15, 0.2) is 5.82 Å². The minimum atomic E-state index is -4.30. The number of benzene rings is 5. The Morgan fingerprint density at radius 2 is 1.65 bits per heavy atom. The molecule has 2 N–H and O–H groups in total. The van der Waals surface area contributed by atoms with E-state index in [4.69, 9.17) is 21.1 Å². The van der Waals surface area contributed by atoms with Crippen molar-refractivity contribution in [2.75, 3.05) is 86.8 Å². The highest BCUT2D eigenvalue weighted by Gasteiger charge is 2.26. The summed E-state index contributed by atoms with van der Waals surface area (Å²) in [6.07, 6.45) is 2.03. The second-order valence-electron chi connectivity index (χ2n) is 15.5. The molecule has 0 aliphatic carbocycles. The summed E-state index contributed by atoms with van der Waals surface area (Å²) in [5.41, 5.74) is 5.03. The number of nitro groups is 1. The number of hydrogen-bond donors (Lipinski definition) is 2. The molecule has 5 aromatic carbocycles. The van der Waals surface area contributed by atoms with Crippen molar-refractivity contribution < 1.29 is 22.8 Å². The molecule has 14 nitrogen and oxygen atoms in total. The summed E-state index contributed by atoms with van der Waals surface area (Å²) >= 11 is 7.78. The van der Waals surface area contributed by atoms with Crippen LogP contribution in [0.15, 0.2) is 125 Å². The first kappa shape index (κ1) is 44.1. The third kappa shape index (κ3) is 11.2. The minimum absolute atomic E-state index is 0.0827. The van der Waals surface area contributed by atoms with E-state index in [0.29, 0.717) is 41.3 Å². The highest BCUT2D eigenvalue weighted by Crippen LogP contribution is 2.33. The molecule has 1 unspecified atom stereocenters. The molecule has 0 saturated carbocycles. The number of sulfonamides is 1. The van der Waals surface area contributed by atoms with Crippen LogP contribution in [0, 0.1) is 10.1 Å². The number of rotatable bonds is 17. The number of piperazine rings is 1. The summed E-state index contributed by atoms with van der Waals surface area (Å²) in [7, 11) is -2.67. The van der Waals surface area contributed by atoms with E-state index in [1.165, 1.54) is 29.6 Å². The monoisotopic (exact) mass is 908 g/mol. The van der Waals surface area contributed by atoms with E-state index in [9.17, 15) is 18.5 Å². The van der Waals surface area contributed by atoms with Gasteiger partial charge < -0.3 is 19.7 Å². The average Bonchev–Trinajstić information content (AvgIpc) is 3.31. The fourth-order valence-corrected chi connectivity index (χ4v) is 10.0. The van der Waals surface area contributed by atoms with Gasteiger partial charge in [0.05, 0.1) is 35.7 Å². The molecule has 17 heteroatoms. The Labute approximate surface area is 376 Å². The number of halogens is 1. The Morgan fingerprint density at radius 1 is 0.889 bits per heavy atom. The fourth-order valence-electron chi connectivity index (χ4n) is 7.88. The van der Waals surface area contributed by atoms with E-state index in [1.807, 2.05) is 54.6 Å². The van der Waals surface area contributed by atoms with Crippen LogP contribution in [-0.2, 0) is 21.3 Å². The van der Waals surface area contributed by atoms with Crippen LogP contribution in [0.5, 0.6) is 5.75 Å². The van der Waals surface area contributed by atoms with Gasteiger partial charge in [-0.25, -0.2) is 18.4 Å². The van der Waals surface area contributed by atoms with Crippen molar-refractivity contribution in [3.8, 4) is 16.9 Å². The van der Waals surface area contributed by atoms with Crippen molar-refractivity contribution in [1.29, 1.82) is 0 Å². The van der Waals surface area contributed by atoms with Gasteiger partial charge >= 0.3 is 0 Å². The van der Waals surface area contributed by atoms with Crippen LogP contribution in [0.4, 0.5) is 22.9 Å². The highest BCUT2D eigenvalue weighted by molar-refractivity contribution is 7.99. The molecule has 8 rings (SSSR count). The van der Waals surface area contributed by atoms with Crippen molar-refractivity contribution in [2.45, 2.75) is 28.8 Å². The molecule has 2 fully saturated rings. The molecule has 328 valence electrons. The summed E-state index contributed by atoms with van der Waals surface area (Å²) in [4.78, 5) is 28.5. The summed E-state index contributed by atoms with van der Waals surface area (Å²) in [5.74, 6) is 1.46. The third-order valence-corrected chi connectivity index (χ3v) is 14.2. The molecule has 0 radical (unpaired) electrons. The highest BCUT2D eigenvalue weighted by atomic mass is 35.5. The van der Waals surface area contributed by atoms with Crippen molar-refractivity contribution in [3.63, 3.8) is 0 Å².